The number of fused-ring (bicyclic) bond motifs is 2. The van der Waals surface area contributed by atoms with Crippen molar-refractivity contribution in [2.24, 2.45) is 0 Å². The number of para-hydroxylation sites is 1. The zero-order chi connectivity index (χ0) is 19.3. The first-order valence-corrected chi connectivity index (χ1v) is 9.48. The molecule has 0 fully saturated rings. The first-order chi connectivity index (χ1) is 13.6. The molecule has 1 aromatic carbocycles. The minimum absolute atomic E-state index is 0. The van der Waals surface area contributed by atoms with Crippen molar-refractivity contribution in [1.82, 2.24) is 24.3 Å². The quantitative estimate of drug-likeness (QED) is 0.373. The van der Waals surface area contributed by atoms with Gasteiger partial charge >= 0.3 is 29.6 Å². The molecule has 4 aromatic heterocycles. The van der Waals surface area contributed by atoms with E-state index in [0.717, 1.165) is 15.8 Å². The summed E-state index contributed by atoms with van der Waals surface area (Å²) < 4.78 is 3.84. The van der Waals surface area contributed by atoms with Crippen molar-refractivity contribution < 1.29 is 29.6 Å². The predicted octanol–water partition coefficient (Wildman–Crippen LogP) is -0.525. The first-order valence-electron chi connectivity index (χ1n) is 8.67. The molecule has 0 aliphatic heterocycles. The Morgan fingerprint density at radius 3 is 2.72 bits per heavy atom. The van der Waals surface area contributed by atoms with E-state index in [2.05, 4.69) is 15.1 Å². The number of hydrogen-bond acceptors (Lipinski definition) is 5. The number of aryl methyl sites for hydroxylation is 1. The third-order valence-corrected chi connectivity index (χ3v) is 5.70. The minimum atomic E-state index is -0.272. The second-order valence-electron chi connectivity index (χ2n) is 6.46. The number of rotatable bonds is 3. The van der Waals surface area contributed by atoms with Crippen LogP contribution in [0.2, 0.25) is 0 Å². The summed E-state index contributed by atoms with van der Waals surface area (Å²) in [6.45, 7) is 2.12. The van der Waals surface area contributed by atoms with Crippen LogP contribution in [0.3, 0.4) is 0 Å². The van der Waals surface area contributed by atoms with Gasteiger partial charge in [0.2, 0.25) is 11.1 Å². The Labute approximate surface area is 190 Å². The maximum atomic E-state index is 13.1. The molecule has 0 bridgehead atoms. The van der Waals surface area contributed by atoms with Crippen LogP contribution in [0.25, 0.3) is 26.3 Å². The van der Waals surface area contributed by atoms with E-state index in [1.165, 1.54) is 22.1 Å². The number of thiazole rings is 1. The monoisotopic (exact) mass is 411 g/mol. The third kappa shape index (κ3) is 3.38. The molecule has 0 unspecified atom stereocenters. The van der Waals surface area contributed by atoms with E-state index in [1.807, 2.05) is 36.4 Å². The molecule has 0 atom stereocenters. The number of nitrogens with zero attached hydrogens (tertiary/aromatic N) is 5. The molecule has 0 N–H and O–H groups in total. The molecule has 5 rings (SSSR count). The Bertz CT molecular complexity index is 1420. The number of pyridine rings is 2. The van der Waals surface area contributed by atoms with Crippen molar-refractivity contribution >= 4 is 32.5 Å². The van der Waals surface area contributed by atoms with E-state index in [0.29, 0.717) is 28.3 Å². The molecule has 138 valence electrons. The van der Waals surface area contributed by atoms with E-state index in [1.54, 1.807) is 23.9 Å². The number of benzene rings is 1. The standard InChI is InChI=1S/C20H15N5O2S.Na/c1-12-18-15(9-17(26)24(12)11-13-5-4-8-21-10-13)23-25(19(18)27)20-22-14-6-2-3-7-16(14)28-20;/h2-10H,11H2,1H3,(H,23,26);/q;+1/p-1. The van der Waals surface area contributed by atoms with E-state index >= 15 is 0 Å². The summed E-state index contributed by atoms with van der Waals surface area (Å²) in [6.07, 6.45) is 3.39. The van der Waals surface area contributed by atoms with Gasteiger partial charge in [0.15, 0.2) is 5.13 Å². The molecule has 0 radical (unpaired) electrons. The van der Waals surface area contributed by atoms with Gasteiger partial charge in [0.05, 0.1) is 16.8 Å². The van der Waals surface area contributed by atoms with Gasteiger partial charge in [-0.3, -0.25) is 14.6 Å². The Hall–Kier alpha value is -2.52. The second kappa shape index (κ2) is 7.72. The van der Waals surface area contributed by atoms with Gasteiger partial charge in [-0.2, -0.15) is 0 Å². The number of hydrogen-bond donors (Lipinski definition) is 0. The topological polar surface area (TPSA) is 83.9 Å². The zero-order valence-corrected chi connectivity index (χ0v) is 18.7. The van der Waals surface area contributed by atoms with Crippen LogP contribution in [0.15, 0.2) is 64.4 Å². The minimum Gasteiger partial charge on any atom is -0.585 e. The molecule has 4 heterocycles. The molecule has 0 aliphatic rings. The van der Waals surface area contributed by atoms with Gasteiger partial charge in [0.25, 0.3) is 0 Å². The molecule has 9 heteroatoms. The smallest absolute Gasteiger partial charge is 0.585 e. The summed E-state index contributed by atoms with van der Waals surface area (Å²) in [7, 11) is 0. The van der Waals surface area contributed by atoms with Gasteiger partial charge in [-0.15, -0.1) is 5.52 Å². The summed E-state index contributed by atoms with van der Waals surface area (Å²) in [5.41, 5.74) is 2.19. The second-order valence-corrected chi connectivity index (χ2v) is 7.47. The summed E-state index contributed by atoms with van der Waals surface area (Å²) in [5.74, 6) is 0. The SMILES string of the molecule is Cc1c2c(=O)n(-c3nc4ccccc4s3)[n-]c2cc(=O)n1Cc1cccnc1.[Na+]. The van der Waals surface area contributed by atoms with Crippen LogP contribution in [0.1, 0.15) is 11.3 Å². The molecule has 0 spiro atoms. The molecule has 0 aliphatic carbocycles. The first kappa shape index (κ1) is 19.8. The summed E-state index contributed by atoms with van der Waals surface area (Å²) in [5, 5.41) is 5.30. The molecule has 0 saturated heterocycles. The molecule has 0 amide bonds. The van der Waals surface area contributed by atoms with Crippen LogP contribution >= 0.6 is 11.3 Å². The van der Waals surface area contributed by atoms with Crippen LogP contribution in [0, 0.1) is 6.92 Å². The Morgan fingerprint density at radius 2 is 1.97 bits per heavy atom. The fourth-order valence-electron chi connectivity index (χ4n) is 3.31. The van der Waals surface area contributed by atoms with Crippen molar-refractivity contribution in [3.63, 3.8) is 0 Å². The number of aromatic nitrogens is 5. The largest absolute Gasteiger partial charge is 1.00 e. The van der Waals surface area contributed by atoms with Crippen LogP contribution in [0.4, 0.5) is 0 Å². The fourth-order valence-corrected chi connectivity index (χ4v) is 4.22. The van der Waals surface area contributed by atoms with Gasteiger partial charge in [0.1, 0.15) is 0 Å². The van der Waals surface area contributed by atoms with Crippen molar-refractivity contribution in [1.29, 1.82) is 0 Å². The van der Waals surface area contributed by atoms with Crippen LogP contribution in [-0.4, -0.2) is 19.2 Å². The normalized spacial score (nSPS) is 11.1. The van der Waals surface area contributed by atoms with E-state index in [9.17, 15) is 9.59 Å². The Kier molecular flexibility index (Phi) is 5.26. The molecular formula is C20H14N5NaO2S. The zero-order valence-electron chi connectivity index (χ0n) is 15.9. The van der Waals surface area contributed by atoms with Crippen molar-refractivity contribution in [2.45, 2.75) is 13.5 Å². The molecule has 7 nitrogen and oxygen atoms in total. The molecular weight excluding hydrogens is 397 g/mol. The van der Waals surface area contributed by atoms with Crippen LogP contribution in [-0.2, 0) is 6.54 Å². The van der Waals surface area contributed by atoms with Crippen molar-refractivity contribution in [3.05, 3.63) is 86.8 Å². The van der Waals surface area contributed by atoms with Gasteiger partial charge in [-0.1, -0.05) is 29.5 Å². The average Bonchev–Trinajstić information content (AvgIpc) is 3.27. The fraction of sp³-hybridized carbons (Fsp3) is 0.100. The Morgan fingerprint density at radius 1 is 1.14 bits per heavy atom. The summed E-state index contributed by atoms with van der Waals surface area (Å²) in [4.78, 5) is 34.3. The maximum absolute atomic E-state index is 13.1. The van der Waals surface area contributed by atoms with E-state index in [-0.39, 0.29) is 40.7 Å². The van der Waals surface area contributed by atoms with Gasteiger partial charge in [-0.05, 0) is 36.8 Å². The summed E-state index contributed by atoms with van der Waals surface area (Å²) in [6, 6.07) is 12.8. The summed E-state index contributed by atoms with van der Waals surface area (Å²) >= 11 is 1.39. The van der Waals surface area contributed by atoms with Gasteiger partial charge < -0.3 is 14.3 Å². The molecule has 5 aromatic rings. The maximum Gasteiger partial charge on any atom is 1.00 e. The van der Waals surface area contributed by atoms with Gasteiger partial charge in [-0.25, -0.2) is 4.98 Å². The van der Waals surface area contributed by atoms with E-state index in [4.69, 9.17) is 0 Å². The van der Waals surface area contributed by atoms with Crippen LogP contribution < -0.4 is 45.8 Å². The van der Waals surface area contributed by atoms with Crippen LogP contribution in [0.5, 0.6) is 0 Å². The van der Waals surface area contributed by atoms with Crippen molar-refractivity contribution in [2.75, 3.05) is 0 Å². The predicted molar refractivity (Wildman–Crippen MR) is 108 cm³/mol. The van der Waals surface area contributed by atoms with E-state index < -0.39 is 0 Å². The third-order valence-electron chi connectivity index (χ3n) is 4.69. The van der Waals surface area contributed by atoms with Gasteiger partial charge in [0, 0.05) is 23.5 Å². The molecule has 29 heavy (non-hydrogen) atoms. The Balaban J connectivity index is 0.00000205. The van der Waals surface area contributed by atoms with Crippen molar-refractivity contribution in [3.8, 4) is 5.13 Å². The molecule has 0 saturated carbocycles. The average molecular weight is 411 g/mol.